The fourth-order valence-corrected chi connectivity index (χ4v) is 1.34. The van der Waals surface area contributed by atoms with E-state index >= 15 is 0 Å². The molecule has 0 aliphatic carbocycles. The van der Waals surface area contributed by atoms with Gasteiger partial charge in [-0.25, -0.2) is 0 Å². The van der Waals surface area contributed by atoms with Gasteiger partial charge in [-0.15, -0.1) is 0 Å². The minimum atomic E-state index is -0.202. The van der Waals surface area contributed by atoms with E-state index in [1.807, 2.05) is 37.3 Å². The van der Waals surface area contributed by atoms with Crippen LogP contribution in [0.3, 0.4) is 0 Å². The van der Waals surface area contributed by atoms with Gasteiger partial charge < -0.3 is 5.73 Å². The highest BCUT2D eigenvalue weighted by molar-refractivity contribution is 5.76. The summed E-state index contributed by atoms with van der Waals surface area (Å²) in [5.41, 5.74) is 6.43. The van der Waals surface area contributed by atoms with Crippen molar-refractivity contribution >= 4 is 5.91 Å². The van der Waals surface area contributed by atoms with Crippen molar-refractivity contribution in [3.05, 3.63) is 35.9 Å². The summed E-state index contributed by atoms with van der Waals surface area (Å²) in [5, 5.41) is 0. The van der Waals surface area contributed by atoms with Gasteiger partial charge in [0.15, 0.2) is 0 Å². The molecule has 2 nitrogen and oxygen atoms in total. The summed E-state index contributed by atoms with van der Waals surface area (Å²) in [5.74, 6) is -0.228. The Bertz CT molecular complexity index is 269. The zero-order chi connectivity index (χ0) is 9.68. The molecule has 0 bridgehead atoms. The predicted octanol–water partition coefficient (Wildman–Crippen LogP) is 1.74. The maximum Gasteiger partial charge on any atom is 0.220 e. The molecule has 0 aliphatic rings. The van der Waals surface area contributed by atoms with Crippen LogP contribution >= 0.6 is 0 Å². The number of rotatable bonds is 4. The van der Waals surface area contributed by atoms with E-state index in [1.165, 1.54) is 5.56 Å². The van der Waals surface area contributed by atoms with Gasteiger partial charge in [0, 0.05) is 5.92 Å². The molecule has 70 valence electrons. The maximum absolute atomic E-state index is 11.0. The second kappa shape index (κ2) is 4.65. The highest BCUT2D eigenvalue weighted by Gasteiger charge is 2.12. The number of carbonyl (C=O) groups is 1. The van der Waals surface area contributed by atoms with Crippen molar-refractivity contribution in [1.29, 1.82) is 0 Å². The van der Waals surface area contributed by atoms with Gasteiger partial charge in [-0.05, 0) is 18.4 Å². The summed E-state index contributed by atoms with van der Waals surface area (Å²) in [4.78, 5) is 11.0. The summed E-state index contributed by atoms with van der Waals surface area (Å²) < 4.78 is 0. The third kappa shape index (κ3) is 2.90. The van der Waals surface area contributed by atoms with Crippen LogP contribution in [0.15, 0.2) is 30.3 Å². The van der Waals surface area contributed by atoms with Crippen LogP contribution in [-0.2, 0) is 11.2 Å². The van der Waals surface area contributed by atoms with Gasteiger partial charge in [0.05, 0.1) is 0 Å². The molecular formula is C11H15NO. The van der Waals surface area contributed by atoms with Crippen molar-refractivity contribution < 1.29 is 4.79 Å². The Morgan fingerprint density at radius 2 is 2.00 bits per heavy atom. The van der Waals surface area contributed by atoms with E-state index in [9.17, 15) is 4.79 Å². The first kappa shape index (κ1) is 9.78. The number of carbonyl (C=O) groups excluding carboxylic acids is 1. The molecule has 0 fully saturated rings. The third-order valence-corrected chi connectivity index (χ3v) is 2.22. The molecule has 0 aromatic heterocycles. The zero-order valence-electron chi connectivity index (χ0n) is 7.86. The van der Waals surface area contributed by atoms with Crippen molar-refractivity contribution in [2.24, 2.45) is 11.7 Å². The van der Waals surface area contributed by atoms with E-state index in [0.717, 1.165) is 12.8 Å². The monoisotopic (exact) mass is 177 g/mol. The van der Waals surface area contributed by atoms with Crippen LogP contribution < -0.4 is 5.73 Å². The minimum Gasteiger partial charge on any atom is -0.369 e. The molecule has 1 aromatic rings. The van der Waals surface area contributed by atoms with Gasteiger partial charge >= 0.3 is 0 Å². The van der Waals surface area contributed by atoms with Gasteiger partial charge in [-0.1, -0.05) is 37.3 Å². The van der Waals surface area contributed by atoms with Crippen LogP contribution in [0.25, 0.3) is 0 Å². The Hall–Kier alpha value is -1.31. The Labute approximate surface area is 78.8 Å². The Morgan fingerprint density at radius 1 is 1.38 bits per heavy atom. The molecule has 2 N–H and O–H groups in total. The fourth-order valence-electron chi connectivity index (χ4n) is 1.34. The predicted molar refractivity (Wildman–Crippen MR) is 53.1 cm³/mol. The summed E-state index contributed by atoms with van der Waals surface area (Å²) >= 11 is 0. The SMILES string of the molecule is CCC(Cc1ccccc1)C(N)=O. The highest BCUT2D eigenvalue weighted by Crippen LogP contribution is 2.11. The zero-order valence-corrected chi connectivity index (χ0v) is 7.86. The summed E-state index contributed by atoms with van der Waals surface area (Å²) in [6, 6.07) is 9.96. The lowest BCUT2D eigenvalue weighted by Crippen LogP contribution is -2.24. The van der Waals surface area contributed by atoms with Gasteiger partial charge in [0.1, 0.15) is 0 Å². The van der Waals surface area contributed by atoms with E-state index in [-0.39, 0.29) is 11.8 Å². The molecule has 0 radical (unpaired) electrons. The van der Waals surface area contributed by atoms with Crippen molar-refractivity contribution in [1.82, 2.24) is 0 Å². The molecule has 0 saturated heterocycles. The lowest BCUT2D eigenvalue weighted by molar-refractivity contribution is -0.121. The average molecular weight is 177 g/mol. The van der Waals surface area contributed by atoms with Gasteiger partial charge in [0.25, 0.3) is 0 Å². The van der Waals surface area contributed by atoms with Crippen LogP contribution in [0.1, 0.15) is 18.9 Å². The number of hydrogen-bond acceptors (Lipinski definition) is 1. The molecule has 1 rings (SSSR count). The molecule has 1 atom stereocenters. The third-order valence-electron chi connectivity index (χ3n) is 2.22. The number of benzene rings is 1. The normalized spacial score (nSPS) is 12.4. The van der Waals surface area contributed by atoms with Crippen molar-refractivity contribution in [3.8, 4) is 0 Å². The van der Waals surface area contributed by atoms with Crippen LogP contribution in [0.2, 0.25) is 0 Å². The first-order valence-corrected chi connectivity index (χ1v) is 4.57. The first-order chi connectivity index (χ1) is 6.24. The van der Waals surface area contributed by atoms with Crippen LogP contribution in [0.4, 0.5) is 0 Å². The molecule has 1 aromatic carbocycles. The average Bonchev–Trinajstić information content (AvgIpc) is 2.15. The summed E-state index contributed by atoms with van der Waals surface area (Å²) in [6.07, 6.45) is 1.57. The Balaban J connectivity index is 2.62. The summed E-state index contributed by atoms with van der Waals surface area (Å²) in [7, 11) is 0. The molecule has 0 spiro atoms. The quantitative estimate of drug-likeness (QED) is 0.748. The topological polar surface area (TPSA) is 43.1 Å². The first-order valence-electron chi connectivity index (χ1n) is 4.57. The van der Waals surface area contributed by atoms with E-state index in [1.54, 1.807) is 0 Å². The van der Waals surface area contributed by atoms with E-state index in [2.05, 4.69) is 0 Å². The Morgan fingerprint density at radius 3 is 2.46 bits per heavy atom. The molecule has 0 aliphatic heterocycles. The molecule has 1 unspecified atom stereocenters. The van der Waals surface area contributed by atoms with Crippen LogP contribution in [0.5, 0.6) is 0 Å². The van der Waals surface area contributed by atoms with Crippen LogP contribution in [-0.4, -0.2) is 5.91 Å². The van der Waals surface area contributed by atoms with E-state index in [0.29, 0.717) is 0 Å². The highest BCUT2D eigenvalue weighted by atomic mass is 16.1. The largest absolute Gasteiger partial charge is 0.369 e. The van der Waals surface area contributed by atoms with Crippen LogP contribution in [0, 0.1) is 5.92 Å². The van der Waals surface area contributed by atoms with Gasteiger partial charge in [-0.2, -0.15) is 0 Å². The maximum atomic E-state index is 11.0. The molecule has 1 amide bonds. The smallest absolute Gasteiger partial charge is 0.220 e. The molecule has 2 heteroatoms. The molecule has 0 heterocycles. The van der Waals surface area contributed by atoms with E-state index < -0.39 is 0 Å². The number of amides is 1. The molecular weight excluding hydrogens is 162 g/mol. The minimum absolute atomic E-state index is 0.0256. The second-order valence-electron chi connectivity index (χ2n) is 3.20. The number of hydrogen-bond donors (Lipinski definition) is 1. The molecule has 13 heavy (non-hydrogen) atoms. The lowest BCUT2D eigenvalue weighted by Gasteiger charge is -2.09. The molecule has 0 saturated carbocycles. The second-order valence-corrected chi connectivity index (χ2v) is 3.20. The fraction of sp³-hybridized carbons (Fsp3) is 0.364. The summed E-state index contributed by atoms with van der Waals surface area (Å²) in [6.45, 7) is 1.98. The number of nitrogens with two attached hydrogens (primary N) is 1. The lowest BCUT2D eigenvalue weighted by atomic mass is 9.96. The van der Waals surface area contributed by atoms with Crippen molar-refractivity contribution in [2.45, 2.75) is 19.8 Å². The van der Waals surface area contributed by atoms with Crippen molar-refractivity contribution in [2.75, 3.05) is 0 Å². The van der Waals surface area contributed by atoms with Gasteiger partial charge in [-0.3, -0.25) is 4.79 Å². The van der Waals surface area contributed by atoms with Crippen molar-refractivity contribution in [3.63, 3.8) is 0 Å². The van der Waals surface area contributed by atoms with E-state index in [4.69, 9.17) is 5.73 Å². The Kier molecular flexibility index (Phi) is 3.50. The number of primary amides is 1. The standard InChI is InChI=1S/C11H15NO/c1-2-10(11(12)13)8-9-6-4-3-5-7-9/h3-7,10H,2,8H2,1H3,(H2,12,13). The van der Waals surface area contributed by atoms with Gasteiger partial charge in [0.2, 0.25) is 5.91 Å².